The van der Waals surface area contributed by atoms with Gasteiger partial charge in [0.05, 0.1) is 0 Å². The maximum atomic E-state index is 12.5. The van der Waals surface area contributed by atoms with Crippen LogP contribution in [-0.2, 0) is 12.8 Å². The van der Waals surface area contributed by atoms with E-state index in [1.165, 1.54) is 18.4 Å². The fourth-order valence-electron chi connectivity index (χ4n) is 2.40. The molecule has 0 bridgehead atoms. The molecule has 2 aromatic carbocycles. The number of hydrogen-bond donors (Lipinski definition) is 1. The average Bonchev–Trinajstić information content (AvgIpc) is 2.52. The van der Waals surface area contributed by atoms with E-state index in [2.05, 4.69) is 13.8 Å². The molecule has 0 aliphatic carbocycles. The Morgan fingerprint density at radius 1 is 1.00 bits per heavy atom. The van der Waals surface area contributed by atoms with Crippen LogP contribution in [-0.4, -0.2) is 5.78 Å². The molecule has 2 heteroatoms. The second-order valence-electron chi connectivity index (χ2n) is 5.40. The minimum Gasteiger partial charge on any atom is -0.398 e. The van der Waals surface area contributed by atoms with Gasteiger partial charge >= 0.3 is 0 Å². The lowest BCUT2D eigenvalue weighted by Crippen LogP contribution is -2.06. The van der Waals surface area contributed by atoms with Gasteiger partial charge in [-0.25, -0.2) is 0 Å². The zero-order valence-electron chi connectivity index (χ0n) is 12.9. The summed E-state index contributed by atoms with van der Waals surface area (Å²) in [4.78, 5) is 12.5. The SMILES string of the molecule is CCCCc1ccc(C(=O)c2ccc(CC)cc2N)cc1. The maximum absolute atomic E-state index is 12.5. The molecule has 2 rings (SSSR count). The Labute approximate surface area is 127 Å². The summed E-state index contributed by atoms with van der Waals surface area (Å²) in [7, 11) is 0. The molecule has 0 aromatic heterocycles. The van der Waals surface area contributed by atoms with E-state index in [1.807, 2.05) is 42.5 Å². The van der Waals surface area contributed by atoms with Crippen molar-refractivity contribution in [3.63, 3.8) is 0 Å². The molecular formula is C19H23NO. The van der Waals surface area contributed by atoms with Gasteiger partial charge in [-0.2, -0.15) is 0 Å². The number of ketones is 1. The van der Waals surface area contributed by atoms with Gasteiger partial charge in [0.25, 0.3) is 0 Å². The first-order valence-electron chi connectivity index (χ1n) is 7.67. The number of rotatable bonds is 6. The molecule has 0 spiro atoms. The summed E-state index contributed by atoms with van der Waals surface area (Å²) >= 11 is 0. The highest BCUT2D eigenvalue weighted by molar-refractivity contribution is 6.12. The van der Waals surface area contributed by atoms with Crippen LogP contribution >= 0.6 is 0 Å². The quantitative estimate of drug-likeness (QED) is 0.629. The van der Waals surface area contributed by atoms with Gasteiger partial charge < -0.3 is 5.73 Å². The Hall–Kier alpha value is -2.09. The molecule has 2 nitrogen and oxygen atoms in total. The number of carbonyl (C=O) groups is 1. The zero-order valence-corrected chi connectivity index (χ0v) is 12.9. The molecule has 21 heavy (non-hydrogen) atoms. The minimum absolute atomic E-state index is 0.00260. The fraction of sp³-hybridized carbons (Fsp3) is 0.316. The Morgan fingerprint density at radius 3 is 2.24 bits per heavy atom. The van der Waals surface area contributed by atoms with E-state index in [4.69, 9.17) is 5.73 Å². The molecule has 0 unspecified atom stereocenters. The van der Waals surface area contributed by atoms with Gasteiger partial charge in [-0.05, 0) is 42.5 Å². The Kier molecular flexibility index (Phi) is 5.15. The smallest absolute Gasteiger partial charge is 0.195 e. The number of benzene rings is 2. The van der Waals surface area contributed by atoms with Crippen LogP contribution in [0.25, 0.3) is 0 Å². The Balaban J connectivity index is 2.19. The zero-order chi connectivity index (χ0) is 15.2. The van der Waals surface area contributed by atoms with Crippen molar-refractivity contribution in [2.45, 2.75) is 39.5 Å². The van der Waals surface area contributed by atoms with Crippen molar-refractivity contribution in [3.05, 3.63) is 64.7 Å². The van der Waals surface area contributed by atoms with Gasteiger partial charge in [0.2, 0.25) is 0 Å². The molecule has 0 fully saturated rings. The lowest BCUT2D eigenvalue weighted by atomic mass is 9.98. The highest BCUT2D eigenvalue weighted by Crippen LogP contribution is 2.19. The number of anilines is 1. The number of nitrogen functional groups attached to an aromatic ring is 1. The van der Waals surface area contributed by atoms with E-state index in [1.54, 1.807) is 0 Å². The third-order valence-corrected chi connectivity index (χ3v) is 3.80. The van der Waals surface area contributed by atoms with Crippen LogP contribution in [0.4, 0.5) is 5.69 Å². The Bertz CT molecular complexity index is 614. The van der Waals surface area contributed by atoms with Gasteiger partial charge in [0, 0.05) is 16.8 Å². The molecule has 2 aromatic rings. The minimum atomic E-state index is -0.00260. The van der Waals surface area contributed by atoms with Crippen molar-refractivity contribution < 1.29 is 4.79 Å². The van der Waals surface area contributed by atoms with E-state index >= 15 is 0 Å². The summed E-state index contributed by atoms with van der Waals surface area (Å²) in [5, 5.41) is 0. The normalized spacial score (nSPS) is 10.6. The van der Waals surface area contributed by atoms with Crippen LogP contribution in [0.5, 0.6) is 0 Å². The number of hydrogen-bond acceptors (Lipinski definition) is 2. The van der Waals surface area contributed by atoms with Crippen molar-refractivity contribution in [2.24, 2.45) is 0 Å². The van der Waals surface area contributed by atoms with Gasteiger partial charge in [-0.1, -0.05) is 50.6 Å². The van der Waals surface area contributed by atoms with Crippen LogP contribution in [0.15, 0.2) is 42.5 Å². The summed E-state index contributed by atoms with van der Waals surface area (Å²) in [6, 6.07) is 13.6. The van der Waals surface area contributed by atoms with Gasteiger partial charge in [-0.3, -0.25) is 4.79 Å². The second kappa shape index (κ2) is 7.07. The van der Waals surface area contributed by atoms with E-state index in [9.17, 15) is 4.79 Å². The molecule has 0 aliphatic rings. The summed E-state index contributed by atoms with van der Waals surface area (Å²) in [5.74, 6) is -0.00260. The average molecular weight is 281 g/mol. The predicted molar refractivity (Wildman–Crippen MR) is 88.7 cm³/mol. The standard InChI is InChI=1S/C19H23NO/c1-3-5-6-15-7-10-16(11-8-15)19(21)17-12-9-14(4-2)13-18(17)20/h7-13H,3-6,20H2,1-2H3. The van der Waals surface area contributed by atoms with E-state index in [-0.39, 0.29) is 5.78 Å². The fourth-order valence-corrected chi connectivity index (χ4v) is 2.40. The third kappa shape index (κ3) is 3.72. The van der Waals surface area contributed by atoms with E-state index < -0.39 is 0 Å². The van der Waals surface area contributed by atoms with Crippen LogP contribution in [0.1, 0.15) is 53.7 Å². The number of carbonyl (C=O) groups excluding carboxylic acids is 1. The topological polar surface area (TPSA) is 43.1 Å². The van der Waals surface area contributed by atoms with Crippen molar-refractivity contribution in [3.8, 4) is 0 Å². The van der Waals surface area contributed by atoms with Crippen LogP contribution in [0, 0.1) is 0 Å². The lowest BCUT2D eigenvalue weighted by Gasteiger charge is -2.08. The summed E-state index contributed by atoms with van der Waals surface area (Å²) in [6.45, 7) is 4.26. The molecule has 0 amide bonds. The Morgan fingerprint density at radius 2 is 1.67 bits per heavy atom. The molecular weight excluding hydrogens is 258 g/mol. The molecule has 0 saturated heterocycles. The highest BCUT2D eigenvalue weighted by Gasteiger charge is 2.12. The van der Waals surface area contributed by atoms with E-state index in [0.29, 0.717) is 16.8 Å². The van der Waals surface area contributed by atoms with Gasteiger partial charge in [0.1, 0.15) is 0 Å². The van der Waals surface area contributed by atoms with Crippen LogP contribution < -0.4 is 5.73 Å². The predicted octanol–water partition coefficient (Wildman–Crippen LogP) is 4.40. The van der Waals surface area contributed by atoms with Gasteiger partial charge in [-0.15, -0.1) is 0 Å². The maximum Gasteiger partial charge on any atom is 0.195 e. The van der Waals surface area contributed by atoms with Crippen molar-refractivity contribution in [2.75, 3.05) is 5.73 Å². The number of aryl methyl sites for hydroxylation is 2. The molecule has 0 atom stereocenters. The first-order chi connectivity index (χ1) is 10.2. The molecule has 0 saturated carbocycles. The van der Waals surface area contributed by atoms with Crippen molar-refractivity contribution in [1.82, 2.24) is 0 Å². The third-order valence-electron chi connectivity index (χ3n) is 3.80. The van der Waals surface area contributed by atoms with Crippen LogP contribution in [0.3, 0.4) is 0 Å². The summed E-state index contributed by atoms with van der Waals surface area (Å²) in [5.41, 5.74) is 10.3. The molecule has 110 valence electrons. The largest absolute Gasteiger partial charge is 0.398 e. The first kappa shape index (κ1) is 15.3. The molecule has 0 heterocycles. The highest BCUT2D eigenvalue weighted by atomic mass is 16.1. The van der Waals surface area contributed by atoms with Crippen molar-refractivity contribution in [1.29, 1.82) is 0 Å². The number of unbranched alkanes of at least 4 members (excludes halogenated alkanes) is 1. The lowest BCUT2D eigenvalue weighted by molar-refractivity contribution is 0.103. The summed E-state index contributed by atoms with van der Waals surface area (Å²) in [6.07, 6.45) is 4.35. The first-order valence-corrected chi connectivity index (χ1v) is 7.67. The number of nitrogens with two attached hydrogens (primary N) is 1. The van der Waals surface area contributed by atoms with Crippen molar-refractivity contribution >= 4 is 11.5 Å². The van der Waals surface area contributed by atoms with Gasteiger partial charge in [0.15, 0.2) is 5.78 Å². The molecule has 0 radical (unpaired) electrons. The monoisotopic (exact) mass is 281 g/mol. The van der Waals surface area contributed by atoms with Crippen LogP contribution in [0.2, 0.25) is 0 Å². The molecule has 0 aliphatic heterocycles. The molecule has 2 N–H and O–H groups in total. The van der Waals surface area contributed by atoms with E-state index in [0.717, 1.165) is 18.4 Å². The summed E-state index contributed by atoms with van der Waals surface area (Å²) < 4.78 is 0. The second-order valence-corrected chi connectivity index (χ2v) is 5.40.